The number of aryl methyl sites for hydroxylation is 1. The van der Waals surface area contributed by atoms with Crippen LogP contribution in [0.15, 0.2) is 18.6 Å². The fraction of sp³-hybridized carbons (Fsp3) is 0.333. The molecule has 100 valence electrons. The van der Waals surface area contributed by atoms with Crippen LogP contribution >= 0.6 is 11.3 Å². The Labute approximate surface area is 115 Å². The van der Waals surface area contributed by atoms with Gasteiger partial charge in [0.15, 0.2) is 0 Å². The number of nitrogens with one attached hydrogen (secondary N) is 2. The summed E-state index contributed by atoms with van der Waals surface area (Å²) in [6.45, 7) is 2.49. The molecule has 0 aliphatic heterocycles. The first-order chi connectivity index (χ1) is 9.22. The molecule has 0 atom stereocenters. The zero-order valence-corrected chi connectivity index (χ0v) is 11.6. The summed E-state index contributed by atoms with van der Waals surface area (Å²) in [5.41, 5.74) is 0.297. The lowest BCUT2D eigenvalue weighted by molar-refractivity contribution is 0.0945. The molecule has 0 radical (unpaired) electrons. The fourth-order valence-electron chi connectivity index (χ4n) is 1.41. The number of nitrogens with zero attached hydrogens (tertiary/aromatic N) is 3. The van der Waals surface area contributed by atoms with Crippen LogP contribution in [0.4, 0.5) is 5.82 Å². The highest BCUT2D eigenvalue weighted by atomic mass is 32.1. The van der Waals surface area contributed by atoms with Crippen molar-refractivity contribution >= 4 is 23.1 Å². The maximum atomic E-state index is 11.8. The Bertz CT molecular complexity index is 552. The first-order valence-corrected chi connectivity index (χ1v) is 6.76. The van der Waals surface area contributed by atoms with Gasteiger partial charge in [0, 0.05) is 18.1 Å². The van der Waals surface area contributed by atoms with Crippen LogP contribution < -0.4 is 10.6 Å². The molecule has 0 unspecified atom stereocenters. The molecule has 6 nitrogen and oxygen atoms in total. The van der Waals surface area contributed by atoms with Crippen molar-refractivity contribution in [2.24, 2.45) is 0 Å². The van der Waals surface area contributed by atoms with Crippen molar-refractivity contribution in [3.8, 4) is 0 Å². The molecule has 0 spiro atoms. The number of hydrogen-bond donors (Lipinski definition) is 2. The van der Waals surface area contributed by atoms with Crippen molar-refractivity contribution < 1.29 is 4.79 Å². The van der Waals surface area contributed by atoms with Crippen LogP contribution in [-0.4, -0.2) is 27.9 Å². The molecule has 0 fully saturated rings. The third-order valence-electron chi connectivity index (χ3n) is 2.49. The van der Waals surface area contributed by atoms with Crippen LogP contribution in [0.3, 0.4) is 0 Å². The van der Waals surface area contributed by atoms with E-state index in [4.69, 9.17) is 0 Å². The first kappa shape index (κ1) is 13.4. The molecule has 2 heterocycles. The second-order valence-electron chi connectivity index (χ2n) is 3.79. The largest absolute Gasteiger partial charge is 0.372 e. The number of aromatic nitrogens is 3. The lowest BCUT2D eigenvalue weighted by Gasteiger charge is -2.03. The zero-order valence-electron chi connectivity index (χ0n) is 10.8. The number of amides is 1. The van der Waals surface area contributed by atoms with Crippen LogP contribution in [-0.2, 0) is 13.0 Å². The lowest BCUT2D eigenvalue weighted by atomic mass is 10.4. The van der Waals surface area contributed by atoms with Crippen molar-refractivity contribution in [3.05, 3.63) is 34.2 Å². The molecule has 2 aromatic rings. The van der Waals surface area contributed by atoms with E-state index < -0.39 is 0 Å². The van der Waals surface area contributed by atoms with E-state index in [0.717, 1.165) is 11.4 Å². The van der Waals surface area contributed by atoms with Gasteiger partial charge >= 0.3 is 0 Å². The first-order valence-electron chi connectivity index (χ1n) is 5.94. The summed E-state index contributed by atoms with van der Waals surface area (Å²) in [5, 5.41) is 6.52. The fourth-order valence-corrected chi connectivity index (χ4v) is 2.22. The molecule has 19 heavy (non-hydrogen) atoms. The average Bonchev–Trinajstić information content (AvgIpc) is 2.93. The van der Waals surface area contributed by atoms with Gasteiger partial charge in [0.05, 0.1) is 18.9 Å². The van der Waals surface area contributed by atoms with Gasteiger partial charge in [-0.3, -0.25) is 4.79 Å². The quantitative estimate of drug-likeness (QED) is 0.865. The molecule has 0 aliphatic rings. The van der Waals surface area contributed by atoms with Crippen LogP contribution in [0.1, 0.15) is 27.3 Å². The monoisotopic (exact) mass is 277 g/mol. The summed E-state index contributed by atoms with van der Waals surface area (Å²) in [4.78, 5) is 25.4. The van der Waals surface area contributed by atoms with E-state index in [0.29, 0.717) is 18.1 Å². The maximum Gasteiger partial charge on any atom is 0.271 e. The van der Waals surface area contributed by atoms with E-state index in [9.17, 15) is 4.79 Å². The second kappa shape index (κ2) is 6.24. The number of thiazole rings is 1. The number of rotatable bonds is 5. The van der Waals surface area contributed by atoms with Gasteiger partial charge < -0.3 is 10.6 Å². The number of carbonyl (C=O) groups is 1. The molecule has 7 heteroatoms. The third-order valence-corrected chi connectivity index (χ3v) is 3.63. The Morgan fingerprint density at radius 2 is 2.11 bits per heavy atom. The van der Waals surface area contributed by atoms with Crippen LogP contribution in [0.5, 0.6) is 0 Å². The van der Waals surface area contributed by atoms with Gasteiger partial charge in [-0.1, -0.05) is 6.92 Å². The van der Waals surface area contributed by atoms with Crippen molar-refractivity contribution in [2.45, 2.75) is 19.9 Å². The summed E-state index contributed by atoms with van der Waals surface area (Å²) in [6.07, 6.45) is 5.77. The minimum absolute atomic E-state index is 0.247. The van der Waals surface area contributed by atoms with Crippen molar-refractivity contribution in [2.75, 3.05) is 12.4 Å². The number of anilines is 1. The van der Waals surface area contributed by atoms with Crippen molar-refractivity contribution in [3.63, 3.8) is 0 Å². The van der Waals surface area contributed by atoms with Gasteiger partial charge in [-0.2, -0.15) is 0 Å². The summed E-state index contributed by atoms with van der Waals surface area (Å²) < 4.78 is 0. The summed E-state index contributed by atoms with van der Waals surface area (Å²) in [6, 6.07) is 0. The van der Waals surface area contributed by atoms with Gasteiger partial charge in [-0.05, 0) is 6.42 Å². The van der Waals surface area contributed by atoms with Gasteiger partial charge in [-0.15, -0.1) is 11.3 Å². The third kappa shape index (κ3) is 3.47. The minimum atomic E-state index is -0.247. The van der Waals surface area contributed by atoms with Crippen molar-refractivity contribution in [1.82, 2.24) is 20.3 Å². The van der Waals surface area contributed by atoms with Gasteiger partial charge in [0.1, 0.15) is 16.5 Å². The van der Waals surface area contributed by atoms with Gasteiger partial charge in [-0.25, -0.2) is 15.0 Å². The highest BCUT2D eigenvalue weighted by Crippen LogP contribution is 2.12. The Hall–Kier alpha value is -2.02. The normalized spacial score (nSPS) is 10.2. The van der Waals surface area contributed by atoms with E-state index >= 15 is 0 Å². The Morgan fingerprint density at radius 3 is 2.68 bits per heavy atom. The standard InChI is InChI=1S/C12H15N5OS/c1-3-8-4-16-11(19-8)7-17-12(18)9-5-15-10(13-2)6-14-9/h4-6H,3,7H2,1-2H3,(H,13,15)(H,17,18). The molecule has 1 amide bonds. The zero-order chi connectivity index (χ0) is 13.7. The van der Waals surface area contributed by atoms with Gasteiger partial charge in [0.25, 0.3) is 5.91 Å². The molecule has 0 bridgehead atoms. The second-order valence-corrected chi connectivity index (χ2v) is 4.99. The summed E-state index contributed by atoms with van der Waals surface area (Å²) in [7, 11) is 1.75. The van der Waals surface area contributed by atoms with E-state index in [-0.39, 0.29) is 5.91 Å². The van der Waals surface area contributed by atoms with Crippen molar-refractivity contribution in [1.29, 1.82) is 0 Å². The molecule has 0 aromatic carbocycles. The molecular weight excluding hydrogens is 262 g/mol. The van der Waals surface area contributed by atoms with Gasteiger partial charge in [0.2, 0.25) is 0 Å². The molecule has 2 rings (SSSR count). The molecular formula is C12H15N5OS. The SMILES string of the molecule is CCc1cnc(CNC(=O)c2cnc(NC)cn2)s1. The van der Waals surface area contributed by atoms with Crippen LogP contribution in [0, 0.1) is 0 Å². The minimum Gasteiger partial charge on any atom is -0.372 e. The van der Waals surface area contributed by atoms with E-state index in [1.165, 1.54) is 17.3 Å². The Morgan fingerprint density at radius 1 is 1.26 bits per heavy atom. The molecule has 2 N–H and O–H groups in total. The average molecular weight is 277 g/mol. The Balaban J connectivity index is 1.93. The predicted octanol–water partition coefficient (Wildman–Crippen LogP) is 1.47. The van der Waals surface area contributed by atoms with Crippen LogP contribution in [0.2, 0.25) is 0 Å². The summed E-state index contributed by atoms with van der Waals surface area (Å²) >= 11 is 1.60. The maximum absolute atomic E-state index is 11.8. The summed E-state index contributed by atoms with van der Waals surface area (Å²) in [5.74, 6) is 0.382. The molecule has 0 saturated heterocycles. The number of hydrogen-bond acceptors (Lipinski definition) is 6. The Kier molecular flexibility index (Phi) is 4.40. The van der Waals surface area contributed by atoms with E-state index in [2.05, 4.69) is 32.5 Å². The molecule has 2 aromatic heterocycles. The topological polar surface area (TPSA) is 79.8 Å². The lowest BCUT2D eigenvalue weighted by Crippen LogP contribution is -2.23. The molecule has 0 saturated carbocycles. The van der Waals surface area contributed by atoms with Crippen LogP contribution in [0.25, 0.3) is 0 Å². The number of carbonyl (C=O) groups excluding carboxylic acids is 1. The highest BCUT2D eigenvalue weighted by Gasteiger charge is 2.08. The highest BCUT2D eigenvalue weighted by molar-refractivity contribution is 7.11. The van der Waals surface area contributed by atoms with E-state index in [1.807, 2.05) is 6.20 Å². The molecule has 0 aliphatic carbocycles. The predicted molar refractivity (Wildman–Crippen MR) is 74.2 cm³/mol. The van der Waals surface area contributed by atoms with E-state index in [1.54, 1.807) is 18.4 Å². The smallest absolute Gasteiger partial charge is 0.271 e.